The second-order valence-corrected chi connectivity index (χ2v) is 4.73. The first-order valence-corrected chi connectivity index (χ1v) is 6.57. The topological polar surface area (TPSA) is 81.1 Å². The molecule has 1 aromatic rings. The van der Waals surface area contributed by atoms with Crippen molar-refractivity contribution in [2.24, 2.45) is 5.73 Å². The summed E-state index contributed by atoms with van der Waals surface area (Å²) in [6.07, 6.45) is 8.22. The van der Waals surface area contributed by atoms with Gasteiger partial charge in [-0.05, 0) is 13.3 Å². The van der Waals surface area contributed by atoms with Crippen LogP contribution in [0, 0.1) is 0 Å². The van der Waals surface area contributed by atoms with Crippen molar-refractivity contribution in [2.45, 2.75) is 58.1 Å². The Balaban J connectivity index is 2.62. The van der Waals surface area contributed by atoms with Crippen LogP contribution in [0.4, 0.5) is 0 Å². The lowest BCUT2D eigenvalue weighted by molar-refractivity contribution is 0.0994. The number of hydrogen-bond acceptors (Lipinski definition) is 3. The molecular weight excluding hydrogens is 230 g/mol. The van der Waals surface area contributed by atoms with Crippen LogP contribution in [-0.4, -0.2) is 26.7 Å². The molecule has 0 spiro atoms. The Morgan fingerprint density at radius 1 is 1.50 bits per heavy atom. The predicted octanol–water partition coefficient (Wildman–Crippen LogP) is 1.87. The normalized spacial score (nSPS) is 14.4. The molecule has 102 valence electrons. The van der Waals surface area contributed by atoms with Crippen LogP contribution in [0.3, 0.4) is 0 Å². The van der Waals surface area contributed by atoms with Gasteiger partial charge in [-0.15, -0.1) is 0 Å². The van der Waals surface area contributed by atoms with Crippen molar-refractivity contribution < 1.29 is 9.90 Å². The number of carbonyl (C=O) groups excluding carboxylic acids is 1. The molecule has 0 saturated carbocycles. The third-order valence-electron chi connectivity index (χ3n) is 3.15. The number of imidazole rings is 1. The summed E-state index contributed by atoms with van der Waals surface area (Å²) in [5.41, 5.74) is 5.41. The quantitative estimate of drug-likeness (QED) is 0.694. The number of amides is 1. The van der Waals surface area contributed by atoms with Crippen LogP contribution in [0.5, 0.6) is 0 Å². The van der Waals surface area contributed by atoms with E-state index in [0.29, 0.717) is 0 Å². The maximum Gasteiger partial charge on any atom is 0.268 e. The van der Waals surface area contributed by atoms with Crippen LogP contribution in [0.15, 0.2) is 12.5 Å². The first kappa shape index (κ1) is 14.7. The van der Waals surface area contributed by atoms with Gasteiger partial charge in [0.15, 0.2) is 0 Å². The lowest BCUT2D eigenvalue weighted by Gasteiger charge is -2.21. The van der Waals surface area contributed by atoms with Crippen LogP contribution < -0.4 is 5.73 Å². The molecule has 1 amide bonds. The molecule has 3 N–H and O–H groups in total. The van der Waals surface area contributed by atoms with E-state index in [1.165, 1.54) is 12.8 Å². The minimum Gasteiger partial charge on any atom is -0.391 e. The molecule has 0 unspecified atom stereocenters. The molecule has 0 bridgehead atoms. The zero-order valence-electron chi connectivity index (χ0n) is 11.2. The molecule has 0 fully saturated rings. The molecule has 0 aromatic carbocycles. The summed E-state index contributed by atoms with van der Waals surface area (Å²) in [5.74, 6) is -0.538. The van der Waals surface area contributed by atoms with Gasteiger partial charge in [-0.1, -0.05) is 32.6 Å². The van der Waals surface area contributed by atoms with E-state index in [4.69, 9.17) is 5.73 Å². The molecule has 0 aliphatic rings. The Hall–Kier alpha value is -1.36. The van der Waals surface area contributed by atoms with Crippen molar-refractivity contribution in [2.75, 3.05) is 0 Å². The van der Waals surface area contributed by atoms with Crippen LogP contribution in [0.25, 0.3) is 0 Å². The second-order valence-electron chi connectivity index (χ2n) is 4.73. The monoisotopic (exact) mass is 253 g/mol. The molecule has 2 atom stereocenters. The van der Waals surface area contributed by atoms with Gasteiger partial charge in [0.05, 0.1) is 18.5 Å². The molecule has 5 nitrogen and oxygen atoms in total. The average molecular weight is 253 g/mol. The largest absolute Gasteiger partial charge is 0.391 e. The molecule has 5 heteroatoms. The number of nitrogens with zero attached hydrogens (tertiary/aromatic N) is 2. The van der Waals surface area contributed by atoms with E-state index in [2.05, 4.69) is 11.9 Å². The summed E-state index contributed by atoms with van der Waals surface area (Å²) in [4.78, 5) is 14.9. The first-order chi connectivity index (χ1) is 8.56. The van der Waals surface area contributed by atoms with E-state index in [1.54, 1.807) is 24.0 Å². The summed E-state index contributed by atoms with van der Waals surface area (Å²) in [5, 5.41) is 9.81. The Bertz CT molecular complexity index is 374. The van der Waals surface area contributed by atoms with E-state index in [-0.39, 0.29) is 11.7 Å². The molecule has 0 saturated heterocycles. The van der Waals surface area contributed by atoms with Crippen LogP contribution in [0.1, 0.15) is 62.5 Å². The van der Waals surface area contributed by atoms with E-state index in [0.717, 1.165) is 19.3 Å². The first-order valence-electron chi connectivity index (χ1n) is 6.57. The third kappa shape index (κ3) is 4.14. The van der Waals surface area contributed by atoms with Gasteiger partial charge in [-0.25, -0.2) is 4.98 Å². The minimum atomic E-state index is -0.538. The van der Waals surface area contributed by atoms with Crippen molar-refractivity contribution in [3.63, 3.8) is 0 Å². The summed E-state index contributed by atoms with van der Waals surface area (Å²) in [6.45, 7) is 3.93. The van der Waals surface area contributed by atoms with Crippen molar-refractivity contribution >= 4 is 5.91 Å². The van der Waals surface area contributed by atoms with Gasteiger partial charge >= 0.3 is 0 Å². The highest BCUT2D eigenvalue weighted by Gasteiger charge is 2.18. The fourth-order valence-corrected chi connectivity index (χ4v) is 2.06. The highest BCUT2D eigenvalue weighted by molar-refractivity contribution is 5.90. The standard InChI is InChI=1S/C13H23N3O2/c1-3-4-5-6-7-12(10(2)17)16-8-11(13(14)18)15-9-16/h8-10,12,17H,3-7H2,1-2H3,(H2,14,18)/t10-,12+/m0/s1. The summed E-state index contributed by atoms with van der Waals surface area (Å²) in [6, 6.07) is -0.0394. The fraction of sp³-hybridized carbons (Fsp3) is 0.692. The fourth-order valence-electron chi connectivity index (χ4n) is 2.06. The summed E-state index contributed by atoms with van der Waals surface area (Å²) in [7, 11) is 0. The average Bonchev–Trinajstić information content (AvgIpc) is 2.77. The van der Waals surface area contributed by atoms with Crippen LogP contribution in [-0.2, 0) is 0 Å². The molecule has 1 aromatic heterocycles. The number of carbonyl (C=O) groups is 1. The van der Waals surface area contributed by atoms with E-state index >= 15 is 0 Å². The van der Waals surface area contributed by atoms with Gasteiger partial charge in [0.2, 0.25) is 0 Å². The lowest BCUT2D eigenvalue weighted by atomic mass is 10.0. The maximum absolute atomic E-state index is 11.0. The van der Waals surface area contributed by atoms with Gasteiger partial charge in [0, 0.05) is 6.20 Å². The van der Waals surface area contributed by atoms with Gasteiger partial charge < -0.3 is 15.4 Å². The highest BCUT2D eigenvalue weighted by atomic mass is 16.3. The molecule has 0 aliphatic carbocycles. The number of aliphatic hydroxyl groups excluding tert-OH is 1. The Morgan fingerprint density at radius 3 is 2.72 bits per heavy atom. The molecule has 1 rings (SSSR count). The minimum absolute atomic E-state index is 0.0394. The van der Waals surface area contributed by atoms with Crippen LogP contribution >= 0.6 is 0 Å². The third-order valence-corrected chi connectivity index (χ3v) is 3.15. The smallest absolute Gasteiger partial charge is 0.268 e. The highest BCUT2D eigenvalue weighted by Crippen LogP contribution is 2.20. The zero-order valence-corrected chi connectivity index (χ0v) is 11.2. The number of unbranched alkanes of at least 4 members (excludes halogenated alkanes) is 3. The van der Waals surface area contributed by atoms with Gasteiger partial charge in [-0.2, -0.15) is 0 Å². The van der Waals surface area contributed by atoms with E-state index < -0.39 is 12.0 Å². The number of hydrogen-bond donors (Lipinski definition) is 2. The predicted molar refractivity (Wildman–Crippen MR) is 70.2 cm³/mol. The molecule has 18 heavy (non-hydrogen) atoms. The van der Waals surface area contributed by atoms with Crippen LogP contribution in [0.2, 0.25) is 0 Å². The number of aromatic nitrogens is 2. The Morgan fingerprint density at radius 2 is 2.22 bits per heavy atom. The van der Waals surface area contributed by atoms with Crippen molar-refractivity contribution in [3.8, 4) is 0 Å². The second kappa shape index (κ2) is 7.16. The summed E-state index contributed by atoms with van der Waals surface area (Å²) >= 11 is 0. The number of nitrogens with two attached hydrogens (primary N) is 1. The van der Waals surface area contributed by atoms with Gasteiger partial charge in [-0.3, -0.25) is 4.79 Å². The molecular formula is C13H23N3O2. The Labute approximate surface area is 108 Å². The molecule has 0 aliphatic heterocycles. The van der Waals surface area contributed by atoms with Crippen molar-refractivity contribution in [1.29, 1.82) is 0 Å². The maximum atomic E-state index is 11.0. The lowest BCUT2D eigenvalue weighted by Crippen LogP contribution is -2.20. The van der Waals surface area contributed by atoms with Crippen molar-refractivity contribution in [3.05, 3.63) is 18.2 Å². The Kier molecular flexibility index (Phi) is 5.85. The number of aliphatic hydroxyl groups is 1. The van der Waals surface area contributed by atoms with E-state index in [1.807, 2.05) is 0 Å². The van der Waals surface area contributed by atoms with Gasteiger partial charge in [0.25, 0.3) is 5.91 Å². The number of primary amides is 1. The molecule has 1 heterocycles. The molecule has 0 radical (unpaired) electrons. The number of rotatable bonds is 8. The SMILES string of the molecule is CCCCCC[C@H]([C@H](C)O)n1cnc(C(N)=O)c1. The summed E-state index contributed by atoms with van der Waals surface area (Å²) < 4.78 is 1.79. The van der Waals surface area contributed by atoms with E-state index in [9.17, 15) is 9.90 Å². The zero-order chi connectivity index (χ0) is 13.5. The van der Waals surface area contributed by atoms with Crippen molar-refractivity contribution in [1.82, 2.24) is 9.55 Å². The van der Waals surface area contributed by atoms with Gasteiger partial charge in [0.1, 0.15) is 5.69 Å².